The maximum absolute atomic E-state index is 10.9. The van der Waals surface area contributed by atoms with Gasteiger partial charge in [-0.05, 0) is 42.3 Å². The molecule has 1 atom stereocenters. The van der Waals surface area contributed by atoms with Crippen molar-refractivity contribution in [1.82, 2.24) is 0 Å². The van der Waals surface area contributed by atoms with Crippen LogP contribution in [0.15, 0.2) is 48.5 Å². The molecule has 2 rings (SSSR count). The van der Waals surface area contributed by atoms with Gasteiger partial charge in [0.25, 0.3) is 0 Å². The molecule has 0 saturated heterocycles. The summed E-state index contributed by atoms with van der Waals surface area (Å²) in [6.45, 7) is 2.40. The summed E-state index contributed by atoms with van der Waals surface area (Å²) in [6, 6.07) is 14.6. The van der Waals surface area contributed by atoms with E-state index in [4.69, 9.17) is 5.11 Å². The zero-order valence-electron chi connectivity index (χ0n) is 12.2. The van der Waals surface area contributed by atoms with Crippen LogP contribution in [0, 0.1) is 0 Å². The molecular formula is C17H19NO3. The van der Waals surface area contributed by atoms with E-state index in [0.29, 0.717) is 6.54 Å². The number of hydrogen-bond acceptors (Lipinski definition) is 3. The number of aromatic hydroxyl groups is 1. The van der Waals surface area contributed by atoms with E-state index in [0.717, 1.165) is 16.8 Å². The summed E-state index contributed by atoms with van der Waals surface area (Å²) in [5.41, 5.74) is 2.92. The van der Waals surface area contributed by atoms with Crippen LogP contribution in [0.25, 0.3) is 0 Å². The minimum absolute atomic E-state index is 0.249. The summed E-state index contributed by atoms with van der Waals surface area (Å²) >= 11 is 0. The van der Waals surface area contributed by atoms with Gasteiger partial charge in [0.2, 0.25) is 0 Å². The van der Waals surface area contributed by atoms with Crippen molar-refractivity contribution in [3.8, 4) is 5.75 Å². The molecule has 0 bridgehead atoms. The maximum atomic E-state index is 10.9. The molecule has 0 heterocycles. The molecule has 0 aliphatic carbocycles. The van der Waals surface area contributed by atoms with Gasteiger partial charge in [-0.25, -0.2) is 0 Å². The predicted molar refractivity (Wildman–Crippen MR) is 82.7 cm³/mol. The molecule has 0 amide bonds. The summed E-state index contributed by atoms with van der Waals surface area (Å²) in [7, 11) is 1.97. The lowest BCUT2D eigenvalue weighted by molar-refractivity contribution is -0.138. The van der Waals surface area contributed by atoms with Crippen molar-refractivity contribution in [2.24, 2.45) is 0 Å². The number of anilines is 1. The van der Waals surface area contributed by atoms with Crippen molar-refractivity contribution in [2.45, 2.75) is 19.4 Å². The van der Waals surface area contributed by atoms with Gasteiger partial charge in [0.05, 0.1) is 5.92 Å². The third kappa shape index (κ3) is 3.75. The van der Waals surface area contributed by atoms with Crippen LogP contribution in [0.5, 0.6) is 5.75 Å². The highest BCUT2D eigenvalue weighted by Gasteiger charge is 2.13. The summed E-state index contributed by atoms with van der Waals surface area (Å²) in [5, 5.41) is 18.3. The third-order valence-electron chi connectivity index (χ3n) is 3.56. The summed E-state index contributed by atoms with van der Waals surface area (Å²) in [4.78, 5) is 13.0. The van der Waals surface area contributed by atoms with Gasteiger partial charge in [-0.2, -0.15) is 0 Å². The SMILES string of the molecule is CC(C(=O)O)c1ccc(CN(C)c2ccc(O)cc2)cc1. The number of phenolic OH excluding ortho intramolecular Hbond substituents is 1. The van der Waals surface area contributed by atoms with Crippen molar-refractivity contribution >= 4 is 11.7 Å². The molecule has 0 fully saturated rings. The largest absolute Gasteiger partial charge is 0.508 e. The molecule has 0 aliphatic rings. The van der Waals surface area contributed by atoms with Crippen LogP contribution in [-0.2, 0) is 11.3 Å². The topological polar surface area (TPSA) is 60.8 Å². The summed E-state index contributed by atoms with van der Waals surface area (Å²) < 4.78 is 0. The van der Waals surface area contributed by atoms with Crippen LogP contribution < -0.4 is 4.90 Å². The zero-order valence-corrected chi connectivity index (χ0v) is 12.2. The lowest BCUT2D eigenvalue weighted by Gasteiger charge is -2.19. The monoisotopic (exact) mass is 285 g/mol. The number of carbonyl (C=O) groups is 1. The van der Waals surface area contributed by atoms with E-state index in [1.165, 1.54) is 0 Å². The number of aliphatic carboxylic acids is 1. The van der Waals surface area contributed by atoms with E-state index in [-0.39, 0.29) is 5.75 Å². The maximum Gasteiger partial charge on any atom is 0.310 e. The van der Waals surface area contributed by atoms with Crippen molar-refractivity contribution in [3.63, 3.8) is 0 Å². The molecule has 21 heavy (non-hydrogen) atoms. The summed E-state index contributed by atoms with van der Waals surface area (Å²) in [5.74, 6) is -1.06. The average Bonchev–Trinajstić information content (AvgIpc) is 2.47. The number of hydrogen-bond donors (Lipinski definition) is 2. The first-order chi connectivity index (χ1) is 9.97. The number of carboxylic acids is 1. The second-order valence-corrected chi connectivity index (χ2v) is 5.17. The molecule has 110 valence electrons. The van der Waals surface area contributed by atoms with Gasteiger partial charge in [0.1, 0.15) is 5.75 Å². The first-order valence-corrected chi connectivity index (χ1v) is 6.79. The van der Waals surface area contributed by atoms with Crippen LogP contribution in [0.4, 0.5) is 5.69 Å². The molecule has 4 heteroatoms. The van der Waals surface area contributed by atoms with E-state index in [1.54, 1.807) is 19.1 Å². The number of carboxylic acid groups (broad SMARTS) is 1. The molecule has 4 nitrogen and oxygen atoms in total. The van der Waals surface area contributed by atoms with Crippen molar-refractivity contribution < 1.29 is 15.0 Å². The van der Waals surface area contributed by atoms with Crippen LogP contribution in [0.2, 0.25) is 0 Å². The van der Waals surface area contributed by atoms with Crippen molar-refractivity contribution in [3.05, 3.63) is 59.7 Å². The summed E-state index contributed by atoms with van der Waals surface area (Å²) in [6.07, 6.45) is 0. The molecule has 2 aromatic rings. The van der Waals surface area contributed by atoms with Gasteiger partial charge in [0.15, 0.2) is 0 Å². The standard InChI is InChI=1S/C17H19NO3/c1-12(17(20)21)14-5-3-13(4-6-14)11-18(2)15-7-9-16(19)10-8-15/h3-10,12,19H,11H2,1-2H3,(H,20,21). The van der Waals surface area contributed by atoms with E-state index in [1.807, 2.05) is 43.4 Å². The van der Waals surface area contributed by atoms with Crippen LogP contribution >= 0.6 is 0 Å². The Morgan fingerprint density at radius 3 is 2.19 bits per heavy atom. The Morgan fingerprint density at radius 2 is 1.67 bits per heavy atom. The van der Waals surface area contributed by atoms with Crippen LogP contribution in [0.3, 0.4) is 0 Å². The first kappa shape index (κ1) is 14.9. The van der Waals surface area contributed by atoms with Gasteiger partial charge in [-0.3, -0.25) is 4.79 Å². The Balaban J connectivity index is 2.06. The lowest BCUT2D eigenvalue weighted by atomic mass is 10.00. The smallest absolute Gasteiger partial charge is 0.310 e. The molecule has 0 saturated carbocycles. The molecule has 0 aromatic heterocycles. The molecule has 2 N–H and O–H groups in total. The fraction of sp³-hybridized carbons (Fsp3) is 0.235. The van der Waals surface area contributed by atoms with E-state index in [9.17, 15) is 9.90 Å². The Hall–Kier alpha value is -2.49. The van der Waals surface area contributed by atoms with Gasteiger partial charge in [-0.15, -0.1) is 0 Å². The van der Waals surface area contributed by atoms with Gasteiger partial charge < -0.3 is 15.1 Å². The Bertz CT molecular complexity index is 605. The number of benzene rings is 2. The third-order valence-corrected chi connectivity index (χ3v) is 3.56. The molecule has 0 aliphatic heterocycles. The minimum atomic E-state index is -0.816. The van der Waals surface area contributed by atoms with E-state index < -0.39 is 11.9 Å². The minimum Gasteiger partial charge on any atom is -0.508 e. The first-order valence-electron chi connectivity index (χ1n) is 6.79. The molecule has 0 spiro atoms. The quantitative estimate of drug-likeness (QED) is 0.885. The second-order valence-electron chi connectivity index (χ2n) is 5.17. The normalized spacial score (nSPS) is 11.9. The number of nitrogens with zero attached hydrogens (tertiary/aromatic N) is 1. The fourth-order valence-electron chi connectivity index (χ4n) is 2.13. The number of phenols is 1. The molecule has 1 unspecified atom stereocenters. The zero-order chi connectivity index (χ0) is 15.4. The highest BCUT2D eigenvalue weighted by Crippen LogP contribution is 2.20. The fourth-order valence-corrected chi connectivity index (χ4v) is 2.13. The molecule has 2 aromatic carbocycles. The predicted octanol–water partition coefficient (Wildman–Crippen LogP) is 3.22. The Morgan fingerprint density at radius 1 is 1.10 bits per heavy atom. The van der Waals surface area contributed by atoms with Crippen LogP contribution in [-0.4, -0.2) is 23.2 Å². The van der Waals surface area contributed by atoms with Crippen molar-refractivity contribution in [1.29, 1.82) is 0 Å². The highest BCUT2D eigenvalue weighted by molar-refractivity contribution is 5.75. The van der Waals surface area contributed by atoms with Crippen LogP contribution in [0.1, 0.15) is 24.0 Å². The van der Waals surface area contributed by atoms with E-state index in [2.05, 4.69) is 4.90 Å². The Labute approximate surface area is 124 Å². The molecular weight excluding hydrogens is 266 g/mol. The van der Waals surface area contributed by atoms with Gasteiger partial charge in [-0.1, -0.05) is 24.3 Å². The van der Waals surface area contributed by atoms with Crippen molar-refractivity contribution in [2.75, 3.05) is 11.9 Å². The lowest BCUT2D eigenvalue weighted by Crippen LogP contribution is -2.16. The Kier molecular flexibility index (Phi) is 4.48. The molecule has 0 radical (unpaired) electrons. The van der Waals surface area contributed by atoms with E-state index >= 15 is 0 Å². The second kappa shape index (κ2) is 6.31. The highest BCUT2D eigenvalue weighted by atomic mass is 16.4. The van der Waals surface area contributed by atoms with Gasteiger partial charge >= 0.3 is 5.97 Å². The van der Waals surface area contributed by atoms with Gasteiger partial charge in [0, 0.05) is 19.3 Å². The number of rotatable bonds is 5. The average molecular weight is 285 g/mol.